The van der Waals surface area contributed by atoms with Crippen LogP contribution in [0.3, 0.4) is 0 Å². The molecule has 12 atom stereocenters. The predicted molar refractivity (Wildman–Crippen MR) is 359 cm³/mol. The molecule has 0 saturated carbocycles. The molecule has 0 radical (unpaired) electrons. The lowest BCUT2D eigenvalue weighted by Gasteiger charge is -2.46. The summed E-state index contributed by atoms with van der Waals surface area (Å²) in [5, 5.41) is 87.4. The van der Waals surface area contributed by atoms with Crippen LogP contribution in [-0.4, -0.2) is 140 Å². The van der Waals surface area contributed by atoms with Crippen LogP contribution < -0.4 is 5.32 Å². The number of aliphatic hydroxyl groups excluding tert-OH is 8. The molecule has 2 saturated heterocycles. The van der Waals surface area contributed by atoms with Crippen molar-refractivity contribution >= 4 is 5.91 Å². The van der Waals surface area contributed by atoms with Crippen molar-refractivity contribution in [1.82, 2.24) is 5.32 Å². The van der Waals surface area contributed by atoms with Crippen molar-refractivity contribution in [1.29, 1.82) is 0 Å². The van der Waals surface area contributed by atoms with Gasteiger partial charge in [-0.25, -0.2) is 0 Å². The third-order valence-corrected chi connectivity index (χ3v) is 15.6. The Kier molecular flexibility index (Phi) is 51.6. The van der Waals surface area contributed by atoms with Crippen LogP contribution in [0.15, 0.2) is 146 Å². The van der Waals surface area contributed by atoms with E-state index in [1.165, 1.54) is 70.6 Å². The predicted octanol–water partition coefficient (Wildman–Crippen LogP) is 13.7. The second-order valence-corrected chi connectivity index (χ2v) is 23.2. The number of rotatable bonds is 53. The first-order valence-electron chi connectivity index (χ1n) is 34.1. The van der Waals surface area contributed by atoms with Gasteiger partial charge in [0.05, 0.1) is 32.0 Å². The summed E-state index contributed by atoms with van der Waals surface area (Å²) in [5.74, 6) is -0.254. The molecular formula is C74H121NO13. The average molecular weight is 1230 g/mol. The molecule has 2 fully saturated rings. The van der Waals surface area contributed by atoms with Gasteiger partial charge in [0.2, 0.25) is 5.91 Å². The number of carbonyl (C=O) groups is 1. The molecule has 0 aliphatic carbocycles. The summed E-state index contributed by atoms with van der Waals surface area (Å²) < 4.78 is 22.8. The Morgan fingerprint density at radius 1 is 0.420 bits per heavy atom. The van der Waals surface area contributed by atoms with Gasteiger partial charge in [0.15, 0.2) is 12.6 Å². The highest BCUT2D eigenvalue weighted by molar-refractivity contribution is 5.76. The Labute approximate surface area is 532 Å². The summed E-state index contributed by atoms with van der Waals surface area (Å²) in [6, 6.07) is -0.863. The van der Waals surface area contributed by atoms with Crippen LogP contribution >= 0.6 is 0 Å². The van der Waals surface area contributed by atoms with Gasteiger partial charge < -0.3 is 65.1 Å². The van der Waals surface area contributed by atoms with Crippen molar-refractivity contribution in [2.24, 2.45) is 0 Å². The van der Waals surface area contributed by atoms with Crippen LogP contribution in [0.1, 0.15) is 219 Å². The van der Waals surface area contributed by atoms with Gasteiger partial charge in [-0.2, -0.15) is 0 Å². The summed E-state index contributed by atoms with van der Waals surface area (Å²) >= 11 is 0. The van der Waals surface area contributed by atoms with Gasteiger partial charge in [0.25, 0.3) is 0 Å². The smallest absolute Gasteiger partial charge is 0.220 e. The number of allylic oxidation sites excluding steroid dienone is 24. The molecule has 0 aromatic heterocycles. The Hall–Kier alpha value is -4.13. The average Bonchev–Trinajstić information content (AvgIpc) is 2.99. The minimum atomic E-state index is -1.79. The lowest BCUT2D eigenvalue weighted by molar-refractivity contribution is -0.359. The van der Waals surface area contributed by atoms with E-state index in [1.54, 1.807) is 0 Å². The molecule has 12 unspecified atom stereocenters. The number of hydrogen-bond donors (Lipinski definition) is 9. The van der Waals surface area contributed by atoms with Crippen LogP contribution in [0, 0.1) is 0 Å². The SMILES string of the molecule is CC/C=C\C/C=C\C/C=C\C/C=C\C/C=C\C/C=C\C/C=C\C/C=C\C/C=C\C/C=C\C/C=C\C/C=C\CCCCC(=O)NC(COC1OC(CO)C(OC2OC(CO)C(O)C(O)C2O)C(O)C1O)C(O)CCCCCCCCCCCCCCCCC. The highest BCUT2D eigenvalue weighted by Gasteiger charge is 2.51. The monoisotopic (exact) mass is 1230 g/mol. The minimum Gasteiger partial charge on any atom is -0.394 e. The molecule has 14 heteroatoms. The summed E-state index contributed by atoms with van der Waals surface area (Å²) in [7, 11) is 0. The molecule has 2 heterocycles. The zero-order valence-corrected chi connectivity index (χ0v) is 54.2. The van der Waals surface area contributed by atoms with Crippen molar-refractivity contribution in [2.45, 2.75) is 293 Å². The van der Waals surface area contributed by atoms with Crippen LogP contribution in [0.4, 0.5) is 0 Å². The van der Waals surface area contributed by atoms with Crippen molar-refractivity contribution in [3.05, 3.63) is 146 Å². The van der Waals surface area contributed by atoms with Gasteiger partial charge in [0.1, 0.15) is 48.8 Å². The van der Waals surface area contributed by atoms with Crippen molar-refractivity contribution < 1.29 is 64.6 Å². The number of aliphatic hydroxyl groups is 8. The third-order valence-electron chi connectivity index (χ3n) is 15.6. The normalized spacial score (nSPS) is 24.1. The molecule has 500 valence electrons. The van der Waals surface area contributed by atoms with E-state index in [2.05, 4.69) is 165 Å². The molecular weight excluding hydrogens is 1110 g/mol. The molecule has 9 N–H and O–H groups in total. The number of amides is 1. The third kappa shape index (κ3) is 40.6. The lowest BCUT2D eigenvalue weighted by atomic mass is 9.97. The van der Waals surface area contributed by atoms with E-state index >= 15 is 0 Å². The molecule has 0 bridgehead atoms. The van der Waals surface area contributed by atoms with Gasteiger partial charge in [-0.05, 0) is 103 Å². The van der Waals surface area contributed by atoms with Crippen molar-refractivity contribution in [3.63, 3.8) is 0 Å². The van der Waals surface area contributed by atoms with E-state index in [9.17, 15) is 45.6 Å². The highest BCUT2D eigenvalue weighted by atomic mass is 16.7. The number of carbonyl (C=O) groups excluding carboxylic acids is 1. The fraction of sp³-hybridized carbons (Fsp3) is 0.662. The van der Waals surface area contributed by atoms with E-state index in [0.717, 1.165) is 116 Å². The van der Waals surface area contributed by atoms with Crippen molar-refractivity contribution in [3.8, 4) is 0 Å². The van der Waals surface area contributed by atoms with E-state index in [0.29, 0.717) is 12.8 Å². The molecule has 14 nitrogen and oxygen atoms in total. The molecule has 2 rings (SSSR count). The molecule has 0 aromatic carbocycles. The van der Waals surface area contributed by atoms with Crippen molar-refractivity contribution in [2.75, 3.05) is 19.8 Å². The summed E-state index contributed by atoms with van der Waals surface area (Å²) in [4.78, 5) is 13.3. The quantitative estimate of drug-likeness (QED) is 0.0204. The minimum absolute atomic E-state index is 0.239. The maximum absolute atomic E-state index is 13.3. The number of ether oxygens (including phenoxy) is 4. The molecule has 88 heavy (non-hydrogen) atoms. The first-order chi connectivity index (χ1) is 43.1. The maximum Gasteiger partial charge on any atom is 0.220 e. The van der Waals surface area contributed by atoms with E-state index in [-0.39, 0.29) is 18.9 Å². The van der Waals surface area contributed by atoms with E-state index in [1.807, 2.05) is 0 Å². The largest absolute Gasteiger partial charge is 0.394 e. The summed E-state index contributed by atoms with van der Waals surface area (Å²) in [6.07, 6.45) is 68.6. The second-order valence-electron chi connectivity index (χ2n) is 23.2. The van der Waals surface area contributed by atoms with Gasteiger partial charge in [-0.3, -0.25) is 4.79 Å². The molecule has 2 aliphatic heterocycles. The molecule has 0 aromatic rings. The van der Waals surface area contributed by atoms with Crippen LogP contribution in [0.25, 0.3) is 0 Å². The molecule has 2 aliphatic rings. The Morgan fingerprint density at radius 3 is 1.18 bits per heavy atom. The van der Waals surface area contributed by atoms with E-state index < -0.39 is 86.8 Å². The van der Waals surface area contributed by atoms with Gasteiger partial charge in [0, 0.05) is 6.42 Å². The fourth-order valence-electron chi connectivity index (χ4n) is 10.2. The fourth-order valence-corrected chi connectivity index (χ4v) is 10.2. The standard InChI is InChI=1S/C74H121NO13/c1-3-5-7-9-11-13-15-17-19-20-21-22-23-24-25-26-27-28-29-30-31-32-33-34-35-36-37-38-39-40-41-42-44-46-48-50-52-54-56-58-66(79)75-62(63(78)57-55-53-51-49-47-45-43-18-16-14-12-10-8-6-4-2)61-85-73-71(84)69(82)72(65(60-77)87-73)88-74-70(83)68(81)67(80)64(59-76)86-74/h5,7,11,13,17,19,21-22,24-25,27-28,30-31,33-34,36-37,39-40,42,44,48,50,62-65,67-74,76-78,80-84H,3-4,6,8-10,12,14-16,18,20,23,26,29,32,35,38,41,43,45-47,49,51-61H2,1-2H3,(H,75,79)/b7-5-,13-11-,19-17-,22-21-,25-24-,28-27-,31-30-,34-33-,37-36-,40-39-,44-42-,50-48-. The zero-order valence-electron chi connectivity index (χ0n) is 54.2. The Morgan fingerprint density at radius 2 is 0.784 bits per heavy atom. The number of hydrogen-bond acceptors (Lipinski definition) is 13. The van der Waals surface area contributed by atoms with Crippen LogP contribution in [0.2, 0.25) is 0 Å². The van der Waals surface area contributed by atoms with Gasteiger partial charge >= 0.3 is 0 Å². The first-order valence-corrected chi connectivity index (χ1v) is 34.1. The zero-order chi connectivity index (χ0) is 63.8. The van der Waals surface area contributed by atoms with Crippen LogP contribution in [-0.2, 0) is 23.7 Å². The Bertz CT molecular complexity index is 2040. The topological polar surface area (TPSA) is 228 Å². The number of nitrogens with one attached hydrogen (secondary N) is 1. The summed E-state index contributed by atoms with van der Waals surface area (Å²) in [5.41, 5.74) is 0. The second kappa shape index (κ2) is 56.8. The highest BCUT2D eigenvalue weighted by Crippen LogP contribution is 2.30. The summed E-state index contributed by atoms with van der Waals surface area (Å²) in [6.45, 7) is 2.70. The molecule has 1 amide bonds. The molecule has 0 spiro atoms. The first kappa shape index (κ1) is 80.0. The van der Waals surface area contributed by atoms with Gasteiger partial charge in [-0.15, -0.1) is 0 Å². The van der Waals surface area contributed by atoms with Crippen LogP contribution in [0.5, 0.6) is 0 Å². The van der Waals surface area contributed by atoms with Gasteiger partial charge in [-0.1, -0.05) is 256 Å². The maximum atomic E-state index is 13.3. The van der Waals surface area contributed by atoms with E-state index in [4.69, 9.17) is 18.9 Å². The Balaban J connectivity index is 1.67. The number of unbranched alkanes of at least 4 members (excludes halogenated alkanes) is 16. The lowest BCUT2D eigenvalue weighted by Crippen LogP contribution is -2.65.